The van der Waals surface area contributed by atoms with Gasteiger partial charge in [-0.05, 0) is 39.0 Å². The Morgan fingerprint density at radius 1 is 1.41 bits per heavy atom. The van der Waals surface area contributed by atoms with E-state index in [1.807, 2.05) is 20.0 Å². The van der Waals surface area contributed by atoms with Crippen molar-refractivity contribution in [3.8, 4) is 0 Å². The number of hydrogen-bond acceptors (Lipinski definition) is 4. The Bertz CT molecular complexity index is 483. The molecule has 2 N–H and O–H groups in total. The second-order valence-corrected chi connectivity index (χ2v) is 7.41. The lowest BCUT2D eigenvalue weighted by atomic mass is 9.85. The number of nitrogens with zero attached hydrogens (tertiary/aromatic N) is 1. The Morgan fingerprint density at radius 2 is 2.14 bits per heavy atom. The van der Waals surface area contributed by atoms with Crippen molar-refractivity contribution in [3.63, 3.8) is 0 Å². The van der Waals surface area contributed by atoms with Crippen LogP contribution in [0.25, 0.3) is 0 Å². The Labute approximate surface area is 148 Å². The quantitative estimate of drug-likeness (QED) is 0.862. The van der Waals surface area contributed by atoms with E-state index in [-0.39, 0.29) is 42.8 Å². The molecule has 1 amide bonds. The minimum Gasteiger partial charge on any atom is -0.346 e. The molecular formula is C15H25Cl2N3OS. The molecule has 4 atom stereocenters. The molecule has 2 heterocycles. The summed E-state index contributed by atoms with van der Waals surface area (Å²) >= 11 is 1.65. The number of carbonyl (C=O) groups is 1. The first kappa shape index (κ1) is 19.7. The fraction of sp³-hybridized carbons (Fsp3) is 0.733. The van der Waals surface area contributed by atoms with Gasteiger partial charge in [0.25, 0.3) is 0 Å². The predicted octanol–water partition coefficient (Wildman–Crippen LogP) is 3.39. The summed E-state index contributed by atoms with van der Waals surface area (Å²) in [6, 6.07) is 0.564. The maximum atomic E-state index is 12.4. The number of aryl methyl sites for hydroxylation is 1. The lowest BCUT2D eigenvalue weighted by molar-refractivity contribution is -0.123. The number of fused-ring (bicyclic) bond motifs is 1. The summed E-state index contributed by atoms with van der Waals surface area (Å²) in [5.41, 5.74) is 0. The number of carbonyl (C=O) groups excluding carboxylic acids is 1. The number of hydrogen-bond donors (Lipinski definition) is 2. The zero-order chi connectivity index (χ0) is 14.1. The zero-order valence-electron chi connectivity index (χ0n) is 13.0. The molecule has 0 bridgehead atoms. The smallest absolute Gasteiger partial charge is 0.237 e. The Hall–Kier alpha value is -0.360. The van der Waals surface area contributed by atoms with Crippen LogP contribution in [0.4, 0.5) is 0 Å². The fourth-order valence-electron chi connectivity index (χ4n) is 3.47. The van der Waals surface area contributed by atoms with Gasteiger partial charge in [-0.25, -0.2) is 4.98 Å². The van der Waals surface area contributed by atoms with Crippen molar-refractivity contribution in [1.29, 1.82) is 0 Å². The number of halogens is 2. The van der Waals surface area contributed by atoms with Crippen LogP contribution in [0.3, 0.4) is 0 Å². The molecule has 1 aliphatic carbocycles. The van der Waals surface area contributed by atoms with Gasteiger partial charge in [0.1, 0.15) is 5.01 Å². The van der Waals surface area contributed by atoms with E-state index < -0.39 is 0 Å². The standard InChI is InChI=1S/C15H23N3OS.2ClH/c1-9-8-16-15(20-9)10(2)17-14(19)13-7-11-5-3-4-6-12(11)18-13;;/h8,10-13,18H,3-7H2,1-2H3,(H,17,19);2*1H. The predicted molar refractivity (Wildman–Crippen MR) is 95.2 cm³/mol. The van der Waals surface area contributed by atoms with Crippen molar-refractivity contribution < 1.29 is 4.79 Å². The summed E-state index contributed by atoms with van der Waals surface area (Å²) in [5.74, 6) is 0.844. The van der Waals surface area contributed by atoms with Crippen molar-refractivity contribution in [2.24, 2.45) is 5.92 Å². The largest absolute Gasteiger partial charge is 0.346 e. The van der Waals surface area contributed by atoms with Gasteiger partial charge in [-0.3, -0.25) is 4.79 Å². The van der Waals surface area contributed by atoms with Crippen LogP contribution in [-0.4, -0.2) is 23.0 Å². The molecule has 126 valence electrons. The summed E-state index contributed by atoms with van der Waals surface area (Å²) in [4.78, 5) is 17.9. The van der Waals surface area contributed by atoms with Gasteiger partial charge < -0.3 is 10.6 Å². The van der Waals surface area contributed by atoms with Gasteiger partial charge in [-0.1, -0.05) is 12.8 Å². The lowest BCUT2D eigenvalue weighted by Crippen LogP contribution is -2.43. The molecule has 7 heteroatoms. The van der Waals surface area contributed by atoms with Crippen LogP contribution in [0.5, 0.6) is 0 Å². The Morgan fingerprint density at radius 3 is 2.77 bits per heavy atom. The number of nitrogens with one attached hydrogen (secondary N) is 2. The van der Waals surface area contributed by atoms with Gasteiger partial charge in [0.15, 0.2) is 0 Å². The third kappa shape index (κ3) is 4.34. The molecule has 1 saturated heterocycles. The monoisotopic (exact) mass is 365 g/mol. The molecule has 1 aromatic rings. The van der Waals surface area contributed by atoms with Gasteiger partial charge >= 0.3 is 0 Å². The lowest BCUT2D eigenvalue weighted by Gasteiger charge is -2.24. The molecular weight excluding hydrogens is 341 g/mol. The van der Waals surface area contributed by atoms with E-state index >= 15 is 0 Å². The van der Waals surface area contributed by atoms with Gasteiger partial charge in [0, 0.05) is 17.1 Å². The van der Waals surface area contributed by atoms with E-state index in [1.54, 1.807) is 11.3 Å². The van der Waals surface area contributed by atoms with E-state index in [1.165, 1.54) is 30.6 Å². The highest BCUT2D eigenvalue weighted by atomic mass is 35.5. The summed E-state index contributed by atoms with van der Waals surface area (Å²) < 4.78 is 0. The molecule has 2 aliphatic rings. The molecule has 4 unspecified atom stereocenters. The molecule has 0 spiro atoms. The summed E-state index contributed by atoms with van der Waals surface area (Å²) in [6.45, 7) is 4.05. The highest BCUT2D eigenvalue weighted by Crippen LogP contribution is 2.33. The van der Waals surface area contributed by atoms with Gasteiger partial charge in [-0.15, -0.1) is 36.2 Å². The van der Waals surface area contributed by atoms with E-state index in [0.717, 1.165) is 11.4 Å². The van der Waals surface area contributed by atoms with Crippen LogP contribution in [0.1, 0.15) is 55.0 Å². The van der Waals surface area contributed by atoms with E-state index in [0.29, 0.717) is 12.0 Å². The molecule has 0 aromatic carbocycles. The fourth-order valence-corrected chi connectivity index (χ4v) is 4.25. The van der Waals surface area contributed by atoms with Crippen LogP contribution in [-0.2, 0) is 4.79 Å². The van der Waals surface area contributed by atoms with Crippen molar-refractivity contribution in [2.45, 2.75) is 64.1 Å². The molecule has 2 fully saturated rings. The third-order valence-corrected chi connectivity index (χ3v) is 5.64. The minimum absolute atomic E-state index is 0. The second kappa shape index (κ2) is 8.48. The first-order valence-electron chi connectivity index (χ1n) is 7.62. The van der Waals surface area contributed by atoms with Gasteiger partial charge in [0.2, 0.25) is 5.91 Å². The highest BCUT2D eigenvalue weighted by Gasteiger charge is 2.38. The minimum atomic E-state index is -0.00777. The summed E-state index contributed by atoms with van der Waals surface area (Å²) in [6.07, 6.45) is 8.01. The van der Waals surface area contributed by atoms with Gasteiger partial charge in [-0.2, -0.15) is 0 Å². The highest BCUT2D eigenvalue weighted by molar-refractivity contribution is 7.11. The molecule has 1 aliphatic heterocycles. The van der Waals surface area contributed by atoms with Crippen LogP contribution >= 0.6 is 36.2 Å². The van der Waals surface area contributed by atoms with Crippen molar-refractivity contribution in [1.82, 2.24) is 15.6 Å². The maximum Gasteiger partial charge on any atom is 0.237 e. The van der Waals surface area contributed by atoms with Crippen LogP contribution in [0.15, 0.2) is 6.20 Å². The van der Waals surface area contributed by atoms with Crippen molar-refractivity contribution in [2.75, 3.05) is 0 Å². The van der Waals surface area contributed by atoms with E-state index in [2.05, 4.69) is 15.6 Å². The van der Waals surface area contributed by atoms with Crippen LogP contribution < -0.4 is 10.6 Å². The summed E-state index contributed by atoms with van der Waals surface area (Å²) in [7, 11) is 0. The number of rotatable bonds is 3. The molecule has 3 rings (SSSR count). The average molecular weight is 366 g/mol. The van der Waals surface area contributed by atoms with E-state index in [9.17, 15) is 4.79 Å². The van der Waals surface area contributed by atoms with Crippen LogP contribution in [0, 0.1) is 12.8 Å². The number of thiazole rings is 1. The molecule has 22 heavy (non-hydrogen) atoms. The average Bonchev–Trinajstić information content (AvgIpc) is 3.04. The zero-order valence-corrected chi connectivity index (χ0v) is 15.5. The number of amides is 1. The first-order chi connectivity index (χ1) is 9.63. The molecule has 0 radical (unpaired) electrons. The first-order valence-corrected chi connectivity index (χ1v) is 8.44. The molecule has 4 nitrogen and oxygen atoms in total. The number of aromatic nitrogens is 1. The summed E-state index contributed by atoms with van der Waals surface area (Å²) in [5, 5.41) is 7.63. The van der Waals surface area contributed by atoms with Crippen molar-refractivity contribution >= 4 is 42.1 Å². The van der Waals surface area contributed by atoms with Crippen LogP contribution in [0.2, 0.25) is 0 Å². The Kier molecular flexibility index (Phi) is 7.59. The maximum absolute atomic E-state index is 12.4. The molecule has 1 saturated carbocycles. The second-order valence-electron chi connectivity index (χ2n) is 6.15. The van der Waals surface area contributed by atoms with Gasteiger partial charge in [0.05, 0.1) is 12.1 Å². The van der Waals surface area contributed by atoms with Crippen molar-refractivity contribution in [3.05, 3.63) is 16.1 Å². The Balaban J connectivity index is 0.00000121. The molecule has 1 aromatic heterocycles. The third-order valence-electron chi connectivity index (χ3n) is 4.55. The topological polar surface area (TPSA) is 54.0 Å². The normalized spacial score (nSPS) is 28.0. The van der Waals surface area contributed by atoms with E-state index in [4.69, 9.17) is 0 Å². The SMILES string of the molecule is Cc1cnc(C(C)NC(=O)C2CC3CCCCC3N2)s1.Cl.Cl.